The van der Waals surface area contributed by atoms with E-state index >= 15 is 0 Å². The number of quaternary nitrogens is 1. The Labute approximate surface area is 144 Å². The van der Waals surface area contributed by atoms with Gasteiger partial charge in [-0.1, -0.05) is 79.7 Å². The number of hydrogen-bond acceptors (Lipinski definition) is 1. The molecule has 0 aliphatic heterocycles. The zero-order valence-electron chi connectivity index (χ0n) is 13.9. The highest BCUT2D eigenvalue weighted by molar-refractivity contribution is 5.44. The van der Waals surface area contributed by atoms with Crippen LogP contribution in [0.1, 0.15) is 11.1 Å². The second-order valence-corrected chi connectivity index (χ2v) is 5.66. The molecule has 0 saturated carbocycles. The van der Waals surface area contributed by atoms with Crippen LogP contribution in [0, 0.1) is 11.8 Å². The second kappa shape index (κ2) is 8.88. The summed E-state index contributed by atoms with van der Waals surface area (Å²) in [7, 11) is 0. The Kier molecular flexibility index (Phi) is 6.57. The summed E-state index contributed by atoms with van der Waals surface area (Å²) in [5.41, 5.74) is 0.242. The molecule has 0 aliphatic rings. The Morgan fingerprint density at radius 1 is 0.875 bits per heavy atom. The summed E-state index contributed by atoms with van der Waals surface area (Å²) in [6, 6.07) is 19.1. The van der Waals surface area contributed by atoms with Crippen molar-refractivity contribution < 1.29 is 10.0 Å². The molecule has 24 heavy (non-hydrogen) atoms. The van der Waals surface area contributed by atoms with Crippen LogP contribution < -0.4 is 4.90 Å². The summed E-state index contributed by atoms with van der Waals surface area (Å²) in [6.07, 6.45) is 3.75. The minimum absolute atomic E-state index is 0.625. The number of nitrogens with one attached hydrogen (secondary N) is 1. The van der Waals surface area contributed by atoms with E-state index in [1.807, 2.05) is 72.8 Å². The van der Waals surface area contributed by atoms with E-state index in [1.165, 1.54) is 4.90 Å². The van der Waals surface area contributed by atoms with Crippen LogP contribution in [-0.4, -0.2) is 24.7 Å². The van der Waals surface area contributed by atoms with Crippen LogP contribution in [0.5, 0.6) is 0 Å². The minimum atomic E-state index is -1.31. The fourth-order valence-corrected chi connectivity index (χ4v) is 2.60. The van der Waals surface area contributed by atoms with Crippen molar-refractivity contribution in [2.45, 2.75) is 5.60 Å². The van der Waals surface area contributed by atoms with Crippen molar-refractivity contribution in [2.75, 3.05) is 19.6 Å². The summed E-state index contributed by atoms with van der Waals surface area (Å²) >= 11 is 0. The van der Waals surface area contributed by atoms with E-state index in [9.17, 15) is 5.11 Å². The lowest BCUT2D eigenvalue weighted by Crippen LogP contribution is -3.11. The second-order valence-electron chi connectivity index (χ2n) is 5.66. The zero-order valence-corrected chi connectivity index (χ0v) is 13.9. The molecule has 0 radical (unpaired) electrons. The van der Waals surface area contributed by atoms with E-state index in [4.69, 9.17) is 0 Å². The summed E-state index contributed by atoms with van der Waals surface area (Å²) in [6.45, 7) is 9.82. The van der Waals surface area contributed by atoms with E-state index in [2.05, 4.69) is 25.0 Å². The standard InChI is InChI=1S/C22H23NO/c1-3-17-23(18-4-2)19-11-16-22(24,20-12-7-5-8-13-20)21-14-9-6-10-15-21/h3-10,12-15,24H,1-2,17-19H2/p+1. The molecule has 2 N–H and O–H groups in total. The normalized spacial score (nSPS) is 10.8. The van der Waals surface area contributed by atoms with Gasteiger partial charge in [-0.25, -0.2) is 0 Å². The molecule has 0 fully saturated rings. The topological polar surface area (TPSA) is 24.7 Å². The minimum Gasteiger partial charge on any atom is -0.369 e. The molecular formula is C22H24NO+. The summed E-state index contributed by atoms with van der Waals surface area (Å²) < 4.78 is 0. The lowest BCUT2D eigenvalue weighted by molar-refractivity contribution is -0.880. The van der Waals surface area contributed by atoms with Gasteiger partial charge < -0.3 is 10.0 Å². The van der Waals surface area contributed by atoms with Gasteiger partial charge >= 0.3 is 0 Å². The Balaban J connectivity index is 2.33. The third kappa shape index (κ3) is 4.45. The van der Waals surface area contributed by atoms with Gasteiger partial charge in [-0.2, -0.15) is 0 Å². The molecular weight excluding hydrogens is 294 g/mol. The third-order valence-corrected chi connectivity index (χ3v) is 3.86. The zero-order chi connectivity index (χ0) is 17.3. The van der Waals surface area contributed by atoms with Crippen LogP contribution in [-0.2, 0) is 5.60 Å². The number of aliphatic hydroxyl groups is 1. The van der Waals surface area contributed by atoms with Crippen molar-refractivity contribution in [3.05, 3.63) is 97.1 Å². The Hall–Kier alpha value is -2.60. The first-order valence-corrected chi connectivity index (χ1v) is 8.09. The van der Waals surface area contributed by atoms with E-state index in [-0.39, 0.29) is 0 Å². The van der Waals surface area contributed by atoms with Gasteiger partial charge in [0.15, 0.2) is 5.60 Å². The number of hydrogen-bond donors (Lipinski definition) is 2. The van der Waals surface area contributed by atoms with Crippen molar-refractivity contribution in [3.63, 3.8) is 0 Å². The first-order chi connectivity index (χ1) is 11.7. The van der Waals surface area contributed by atoms with Crippen LogP contribution in [0.3, 0.4) is 0 Å². The van der Waals surface area contributed by atoms with E-state index in [1.54, 1.807) is 0 Å². The van der Waals surface area contributed by atoms with E-state index < -0.39 is 5.60 Å². The van der Waals surface area contributed by atoms with Gasteiger partial charge in [0.1, 0.15) is 6.54 Å². The molecule has 2 nitrogen and oxygen atoms in total. The van der Waals surface area contributed by atoms with E-state index in [0.29, 0.717) is 6.54 Å². The first kappa shape index (κ1) is 17.7. The van der Waals surface area contributed by atoms with Crippen LogP contribution in [0.15, 0.2) is 86.0 Å². The summed E-state index contributed by atoms with van der Waals surface area (Å²) in [5, 5.41) is 11.3. The molecule has 0 aliphatic carbocycles. The molecule has 2 heteroatoms. The Bertz CT molecular complexity index is 660. The maximum atomic E-state index is 11.3. The average molecular weight is 318 g/mol. The maximum absolute atomic E-state index is 11.3. The van der Waals surface area contributed by atoms with Crippen LogP contribution >= 0.6 is 0 Å². The molecule has 0 spiro atoms. The highest BCUT2D eigenvalue weighted by Gasteiger charge is 2.29. The van der Waals surface area contributed by atoms with Gasteiger partial charge in [-0.05, 0) is 18.1 Å². The van der Waals surface area contributed by atoms with Gasteiger partial charge in [0.2, 0.25) is 0 Å². The molecule has 0 saturated heterocycles. The van der Waals surface area contributed by atoms with Crippen molar-refractivity contribution in [3.8, 4) is 11.8 Å². The summed E-state index contributed by atoms with van der Waals surface area (Å²) in [5.74, 6) is 6.25. The monoisotopic (exact) mass is 318 g/mol. The molecule has 0 aromatic heterocycles. The smallest absolute Gasteiger partial charge is 0.177 e. The van der Waals surface area contributed by atoms with Gasteiger partial charge in [0.05, 0.1) is 13.1 Å². The van der Waals surface area contributed by atoms with Gasteiger partial charge in [0.25, 0.3) is 0 Å². The molecule has 0 atom stereocenters. The van der Waals surface area contributed by atoms with Gasteiger partial charge in [-0.3, -0.25) is 0 Å². The van der Waals surface area contributed by atoms with Gasteiger partial charge in [-0.15, -0.1) is 0 Å². The van der Waals surface area contributed by atoms with Crippen molar-refractivity contribution in [1.29, 1.82) is 0 Å². The van der Waals surface area contributed by atoms with Crippen LogP contribution in [0.25, 0.3) is 0 Å². The summed E-state index contributed by atoms with van der Waals surface area (Å²) in [4.78, 5) is 1.25. The molecule has 122 valence electrons. The Morgan fingerprint density at radius 2 is 1.33 bits per heavy atom. The predicted octanol–water partition coefficient (Wildman–Crippen LogP) is 2.18. The lowest BCUT2D eigenvalue weighted by atomic mass is 9.87. The molecule has 2 aromatic carbocycles. The highest BCUT2D eigenvalue weighted by atomic mass is 16.3. The number of rotatable bonds is 7. The first-order valence-electron chi connectivity index (χ1n) is 8.09. The van der Waals surface area contributed by atoms with Crippen molar-refractivity contribution in [2.24, 2.45) is 0 Å². The fraction of sp³-hybridized carbons (Fsp3) is 0.182. The third-order valence-electron chi connectivity index (χ3n) is 3.86. The molecule has 2 aromatic rings. The van der Waals surface area contributed by atoms with Crippen LogP contribution in [0.2, 0.25) is 0 Å². The van der Waals surface area contributed by atoms with Crippen molar-refractivity contribution >= 4 is 0 Å². The molecule has 0 amide bonds. The highest BCUT2D eigenvalue weighted by Crippen LogP contribution is 2.28. The van der Waals surface area contributed by atoms with Crippen LogP contribution in [0.4, 0.5) is 0 Å². The molecule has 0 bridgehead atoms. The Morgan fingerprint density at radius 3 is 1.75 bits per heavy atom. The maximum Gasteiger partial charge on any atom is 0.177 e. The average Bonchev–Trinajstić information content (AvgIpc) is 2.63. The predicted molar refractivity (Wildman–Crippen MR) is 99.6 cm³/mol. The fourth-order valence-electron chi connectivity index (χ4n) is 2.60. The molecule has 0 heterocycles. The number of benzene rings is 2. The lowest BCUT2D eigenvalue weighted by Gasteiger charge is -2.23. The largest absolute Gasteiger partial charge is 0.369 e. The van der Waals surface area contributed by atoms with E-state index in [0.717, 1.165) is 24.2 Å². The SMILES string of the molecule is C=CC[NH+](CC#CC(O)(c1ccccc1)c1ccccc1)CC=C. The molecule has 2 rings (SSSR count). The quantitative estimate of drug-likeness (QED) is 0.594. The van der Waals surface area contributed by atoms with Crippen molar-refractivity contribution in [1.82, 2.24) is 0 Å². The molecule has 0 unspecified atom stereocenters. The van der Waals surface area contributed by atoms with Gasteiger partial charge in [0, 0.05) is 11.1 Å².